The van der Waals surface area contributed by atoms with E-state index in [1.54, 1.807) is 0 Å². The number of carboxylic acid groups (broad SMARTS) is 1. The van der Waals surface area contributed by atoms with Gasteiger partial charge < -0.3 is 9.63 Å². The predicted molar refractivity (Wildman–Crippen MR) is 86.0 cm³/mol. The van der Waals surface area contributed by atoms with Crippen molar-refractivity contribution in [2.24, 2.45) is 5.41 Å². The molecular formula is C18H23NO3. The van der Waals surface area contributed by atoms with Gasteiger partial charge in [-0.15, -0.1) is 0 Å². The third-order valence-corrected chi connectivity index (χ3v) is 3.66. The Bertz CT molecular complexity index is 660. The summed E-state index contributed by atoms with van der Waals surface area (Å²) in [6.45, 7) is 11.2. The molecule has 0 amide bonds. The molecule has 0 aliphatic carbocycles. The van der Waals surface area contributed by atoms with Crippen LogP contribution in [0.25, 0.3) is 11.3 Å². The highest BCUT2D eigenvalue weighted by Gasteiger charge is 2.27. The fraction of sp³-hybridized carbons (Fsp3) is 0.444. The minimum Gasteiger partial charge on any atom is -0.475 e. The lowest BCUT2D eigenvalue weighted by Gasteiger charge is -2.33. The van der Waals surface area contributed by atoms with Crippen molar-refractivity contribution in [1.29, 1.82) is 0 Å². The lowest BCUT2D eigenvalue weighted by molar-refractivity contribution is 0.0652. The molecule has 0 atom stereocenters. The van der Waals surface area contributed by atoms with Gasteiger partial charge in [-0.3, -0.25) is 0 Å². The Kier molecular flexibility index (Phi) is 4.14. The van der Waals surface area contributed by atoms with Gasteiger partial charge in [-0.05, 0) is 22.8 Å². The van der Waals surface area contributed by atoms with Crippen molar-refractivity contribution < 1.29 is 14.4 Å². The summed E-state index contributed by atoms with van der Waals surface area (Å²) in [5.74, 6) is -1.26. The third kappa shape index (κ3) is 3.75. The largest absolute Gasteiger partial charge is 0.475 e. The van der Waals surface area contributed by atoms with Crippen LogP contribution in [0.4, 0.5) is 0 Å². The van der Waals surface area contributed by atoms with Crippen LogP contribution in [0.1, 0.15) is 57.2 Å². The lowest BCUT2D eigenvalue weighted by Crippen LogP contribution is -2.24. The SMILES string of the molecule is CC(C)(C)CC(C)(C)c1ccc(-c2cc(C(=O)O)on2)cc1. The van der Waals surface area contributed by atoms with Crippen molar-refractivity contribution >= 4 is 5.97 Å². The molecule has 0 saturated heterocycles. The van der Waals surface area contributed by atoms with Gasteiger partial charge in [-0.1, -0.05) is 64.0 Å². The summed E-state index contributed by atoms with van der Waals surface area (Å²) in [5.41, 5.74) is 2.98. The normalized spacial score (nSPS) is 12.4. The highest BCUT2D eigenvalue weighted by Crippen LogP contribution is 2.36. The van der Waals surface area contributed by atoms with E-state index < -0.39 is 5.97 Å². The Morgan fingerprint density at radius 3 is 2.18 bits per heavy atom. The van der Waals surface area contributed by atoms with Gasteiger partial charge in [-0.25, -0.2) is 4.79 Å². The van der Waals surface area contributed by atoms with Gasteiger partial charge in [0.1, 0.15) is 5.69 Å². The van der Waals surface area contributed by atoms with E-state index in [-0.39, 0.29) is 16.6 Å². The molecule has 1 aromatic carbocycles. The van der Waals surface area contributed by atoms with E-state index in [2.05, 4.69) is 51.9 Å². The van der Waals surface area contributed by atoms with E-state index in [1.165, 1.54) is 11.6 Å². The molecule has 0 aliphatic rings. The molecule has 0 bridgehead atoms. The van der Waals surface area contributed by atoms with Gasteiger partial charge in [-0.2, -0.15) is 0 Å². The third-order valence-electron chi connectivity index (χ3n) is 3.66. The first-order valence-corrected chi connectivity index (χ1v) is 7.39. The molecule has 2 aromatic rings. The fourth-order valence-corrected chi connectivity index (χ4v) is 3.03. The lowest BCUT2D eigenvalue weighted by atomic mass is 9.72. The Morgan fingerprint density at radius 2 is 1.73 bits per heavy atom. The van der Waals surface area contributed by atoms with Crippen LogP contribution in [0, 0.1) is 5.41 Å². The van der Waals surface area contributed by atoms with E-state index in [0.29, 0.717) is 5.69 Å². The van der Waals surface area contributed by atoms with Gasteiger partial charge in [0, 0.05) is 11.6 Å². The Labute approximate surface area is 131 Å². The van der Waals surface area contributed by atoms with E-state index >= 15 is 0 Å². The maximum atomic E-state index is 10.8. The maximum Gasteiger partial charge on any atom is 0.374 e. The van der Waals surface area contributed by atoms with Crippen LogP contribution >= 0.6 is 0 Å². The van der Waals surface area contributed by atoms with Crippen molar-refractivity contribution in [2.45, 2.75) is 46.5 Å². The van der Waals surface area contributed by atoms with Crippen LogP contribution in [0.2, 0.25) is 0 Å². The molecular weight excluding hydrogens is 278 g/mol. The molecule has 118 valence electrons. The summed E-state index contributed by atoms with van der Waals surface area (Å²) >= 11 is 0. The minimum absolute atomic E-state index is 0.0762. The van der Waals surface area contributed by atoms with E-state index in [1.807, 2.05) is 12.1 Å². The predicted octanol–water partition coefficient (Wildman–Crippen LogP) is 4.75. The minimum atomic E-state index is -1.11. The van der Waals surface area contributed by atoms with Gasteiger partial charge in [0.25, 0.3) is 0 Å². The van der Waals surface area contributed by atoms with Crippen molar-refractivity contribution in [2.75, 3.05) is 0 Å². The molecule has 2 rings (SSSR count). The number of carboxylic acids is 1. The first-order valence-electron chi connectivity index (χ1n) is 7.39. The topological polar surface area (TPSA) is 63.3 Å². The number of aromatic nitrogens is 1. The monoisotopic (exact) mass is 301 g/mol. The number of carbonyl (C=O) groups is 1. The molecule has 4 heteroatoms. The molecule has 0 unspecified atom stereocenters. The molecule has 0 radical (unpaired) electrons. The molecule has 0 spiro atoms. The summed E-state index contributed by atoms with van der Waals surface area (Å²) < 4.78 is 4.79. The summed E-state index contributed by atoms with van der Waals surface area (Å²) in [5, 5.41) is 12.7. The first-order chi connectivity index (χ1) is 10.1. The van der Waals surface area contributed by atoms with Crippen LogP contribution in [0.3, 0.4) is 0 Å². The highest BCUT2D eigenvalue weighted by molar-refractivity contribution is 5.85. The van der Waals surface area contributed by atoms with Gasteiger partial charge in [0.05, 0.1) is 0 Å². The van der Waals surface area contributed by atoms with E-state index in [4.69, 9.17) is 9.63 Å². The van der Waals surface area contributed by atoms with Crippen LogP contribution < -0.4 is 0 Å². The van der Waals surface area contributed by atoms with Crippen molar-refractivity contribution in [3.63, 3.8) is 0 Å². The average molecular weight is 301 g/mol. The Hall–Kier alpha value is -2.10. The molecule has 0 fully saturated rings. The van der Waals surface area contributed by atoms with Gasteiger partial charge in [0.2, 0.25) is 5.76 Å². The molecule has 4 nitrogen and oxygen atoms in total. The van der Waals surface area contributed by atoms with Crippen LogP contribution in [0.15, 0.2) is 34.9 Å². The smallest absolute Gasteiger partial charge is 0.374 e. The van der Waals surface area contributed by atoms with Crippen LogP contribution in [-0.4, -0.2) is 16.2 Å². The van der Waals surface area contributed by atoms with Crippen LogP contribution in [0.5, 0.6) is 0 Å². The van der Waals surface area contributed by atoms with Gasteiger partial charge in [0.15, 0.2) is 0 Å². The summed E-state index contributed by atoms with van der Waals surface area (Å²) in [4.78, 5) is 10.8. The molecule has 1 N–H and O–H groups in total. The Balaban J connectivity index is 2.24. The zero-order valence-electron chi connectivity index (χ0n) is 13.8. The van der Waals surface area contributed by atoms with Crippen molar-refractivity contribution in [3.8, 4) is 11.3 Å². The van der Waals surface area contributed by atoms with Crippen molar-refractivity contribution in [3.05, 3.63) is 41.7 Å². The standard InChI is InChI=1S/C18H23NO3/c1-17(2,3)11-18(4,5)13-8-6-12(7-9-13)14-10-15(16(20)21)22-19-14/h6-10H,11H2,1-5H3,(H,20,21). The van der Waals surface area contributed by atoms with Gasteiger partial charge >= 0.3 is 5.97 Å². The average Bonchev–Trinajstić information content (AvgIpc) is 2.85. The van der Waals surface area contributed by atoms with Crippen molar-refractivity contribution in [1.82, 2.24) is 5.16 Å². The second-order valence-corrected chi connectivity index (χ2v) is 7.58. The number of aromatic carboxylic acids is 1. The molecule has 22 heavy (non-hydrogen) atoms. The quantitative estimate of drug-likeness (QED) is 0.884. The Morgan fingerprint density at radius 1 is 1.14 bits per heavy atom. The second-order valence-electron chi connectivity index (χ2n) is 7.58. The molecule has 0 saturated carbocycles. The number of hydrogen-bond acceptors (Lipinski definition) is 3. The summed E-state index contributed by atoms with van der Waals surface area (Å²) in [7, 11) is 0. The first kappa shape index (κ1) is 16.3. The summed E-state index contributed by atoms with van der Waals surface area (Å²) in [6, 6.07) is 9.52. The highest BCUT2D eigenvalue weighted by atomic mass is 16.5. The van der Waals surface area contributed by atoms with Crippen LogP contribution in [-0.2, 0) is 5.41 Å². The van der Waals surface area contributed by atoms with E-state index in [9.17, 15) is 4.79 Å². The zero-order valence-corrected chi connectivity index (χ0v) is 13.8. The zero-order chi connectivity index (χ0) is 16.5. The maximum absolute atomic E-state index is 10.8. The molecule has 0 aliphatic heterocycles. The second kappa shape index (κ2) is 5.59. The molecule has 1 aromatic heterocycles. The van der Waals surface area contributed by atoms with E-state index in [0.717, 1.165) is 12.0 Å². The number of benzene rings is 1. The number of hydrogen-bond donors (Lipinski definition) is 1. The summed E-state index contributed by atoms with van der Waals surface area (Å²) in [6.07, 6.45) is 1.08. The number of nitrogens with zero attached hydrogens (tertiary/aromatic N) is 1. The fourth-order valence-electron chi connectivity index (χ4n) is 3.03. The molecule has 1 heterocycles. The number of rotatable bonds is 4.